The van der Waals surface area contributed by atoms with Crippen molar-refractivity contribution in [2.45, 2.75) is 26.8 Å². The van der Waals surface area contributed by atoms with E-state index >= 15 is 0 Å². The van der Waals surface area contributed by atoms with Gasteiger partial charge in [-0.3, -0.25) is 9.48 Å². The molecule has 0 atom stereocenters. The number of benzene rings is 1. The maximum atomic E-state index is 13.3. The highest BCUT2D eigenvalue weighted by molar-refractivity contribution is 5.97. The van der Waals surface area contributed by atoms with E-state index in [1.54, 1.807) is 10.7 Å². The van der Waals surface area contributed by atoms with Crippen LogP contribution in [0.1, 0.15) is 28.7 Å². The van der Waals surface area contributed by atoms with Crippen molar-refractivity contribution in [1.82, 2.24) is 9.78 Å². The number of aromatic nitrogens is 2. The molecule has 0 aliphatic carbocycles. The van der Waals surface area contributed by atoms with Crippen molar-refractivity contribution in [3.8, 4) is 0 Å². The van der Waals surface area contributed by atoms with Gasteiger partial charge in [0.25, 0.3) is 0 Å². The SMILES string of the molecule is CCn1nc(C)cc1CC(=O)c1ccc(N)c(F)c1. The van der Waals surface area contributed by atoms with Crippen LogP contribution in [0, 0.1) is 12.7 Å². The number of hydrogen-bond acceptors (Lipinski definition) is 3. The molecular formula is C14H16FN3O. The number of Topliss-reactive ketones (excluding diaryl/α,β-unsaturated/α-hetero) is 1. The zero-order valence-electron chi connectivity index (χ0n) is 11.0. The standard InChI is InChI=1S/C14H16FN3O/c1-3-18-11(6-9(2)17-18)8-14(19)10-4-5-13(16)12(15)7-10/h4-7H,3,8,16H2,1-2H3. The van der Waals surface area contributed by atoms with Crippen molar-refractivity contribution >= 4 is 11.5 Å². The molecule has 0 aliphatic heterocycles. The molecule has 0 amide bonds. The van der Waals surface area contributed by atoms with Crippen molar-refractivity contribution in [3.05, 3.63) is 47.0 Å². The maximum absolute atomic E-state index is 13.3. The number of hydrogen-bond donors (Lipinski definition) is 1. The number of rotatable bonds is 4. The largest absolute Gasteiger partial charge is 0.396 e. The minimum Gasteiger partial charge on any atom is -0.396 e. The van der Waals surface area contributed by atoms with Gasteiger partial charge in [-0.05, 0) is 38.1 Å². The Bertz CT molecular complexity index is 619. The first-order valence-electron chi connectivity index (χ1n) is 6.12. The quantitative estimate of drug-likeness (QED) is 0.679. The molecule has 0 spiro atoms. The molecule has 1 aromatic heterocycles. The lowest BCUT2D eigenvalue weighted by atomic mass is 10.1. The third-order valence-electron chi connectivity index (χ3n) is 2.95. The highest BCUT2D eigenvalue weighted by atomic mass is 19.1. The molecular weight excluding hydrogens is 245 g/mol. The van der Waals surface area contributed by atoms with Crippen LogP contribution in [0.15, 0.2) is 24.3 Å². The summed E-state index contributed by atoms with van der Waals surface area (Å²) in [7, 11) is 0. The minimum absolute atomic E-state index is 0.0472. The van der Waals surface area contributed by atoms with Gasteiger partial charge in [0.2, 0.25) is 0 Å². The molecule has 0 saturated heterocycles. The Kier molecular flexibility index (Phi) is 3.64. The molecule has 5 heteroatoms. The fourth-order valence-corrected chi connectivity index (χ4v) is 1.98. The zero-order valence-corrected chi connectivity index (χ0v) is 11.0. The lowest BCUT2D eigenvalue weighted by Gasteiger charge is -2.05. The molecule has 4 nitrogen and oxygen atoms in total. The van der Waals surface area contributed by atoms with E-state index in [4.69, 9.17) is 5.73 Å². The molecule has 1 aromatic carbocycles. The Balaban J connectivity index is 2.22. The summed E-state index contributed by atoms with van der Waals surface area (Å²) in [4.78, 5) is 12.1. The number of aryl methyl sites for hydroxylation is 2. The Hall–Kier alpha value is -2.17. The van der Waals surface area contributed by atoms with Gasteiger partial charge in [-0.15, -0.1) is 0 Å². The average molecular weight is 261 g/mol. The Morgan fingerprint density at radius 3 is 2.79 bits per heavy atom. The predicted octanol–water partition coefficient (Wildman–Crippen LogP) is 2.36. The van der Waals surface area contributed by atoms with Gasteiger partial charge in [0.05, 0.1) is 17.8 Å². The van der Waals surface area contributed by atoms with Gasteiger partial charge in [-0.2, -0.15) is 5.10 Å². The first kappa shape index (κ1) is 13.3. The van der Waals surface area contributed by atoms with Crippen LogP contribution in [0.25, 0.3) is 0 Å². The van der Waals surface area contributed by atoms with Gasteiger partial charge >= 0.3 is 0 Å². The summed E-state index contributed by atoms with van der Waals surface area (Å²) in [6.07, 6.45) is 0.206. The number of carbonyl (C=O) groups is 1. The Labute approximate surface area is 111 Å². The Morgan fingerprint density at radius 2 is 2.16 bits per heavy atom. The molecule has 19 heavy (non-hydrogen) atoms. The Morgan fingerprint density at radius 1 is 1.42 bits per heavy atom. The van der Waals surface area contributed by atoms with Crippen LogP contribution in [0.5, 0.6) is 0 Å². The van der Waals surface area contributed by atoms with Crippen molar-refractivity contribution < 1.29 is 9.18 Å². The molecule has 0 aliphatic rings. The topological polar surface area (TPSA) is 60.9 Å². The van der Waals surface area contributed by atoms with Crippen LogP contribution >= 0.6 is 0 Å². The average Bonchev–Trinajstić information content (AvgIpc) is 2.72. The molecule has 0 bridgehead atoms. The number of halogens is 1. The van der Waals surface area contributed by atoms with Crippen molar-refractivity contribution in [1.29, 1.82) is 0 Å². The van der Waals surface area contributed by atoms with Crippen LogP contribution in [-0.4, -0.2) is 15.6 Å². The lowest BCUT2D eigenvalue weighted by molar-refractivity contribution is 0.0990. The number of nitrogens with zero attached hydrogens (tertiary/aromatic N) is 2. The second kappa shape index (κ2) is 5.22. The molecule has 0 fully saturated rings. The van der Waals surface area contributed by atoms with Gasteiger partial charge in [-0.25, -0.2) is 4.39 Å². The number of nitrogen functional groups attached to an aromatic ring is 1. The number of anilines is 1. The normalized spacial score (nSPS) is 10.7. The van der Waals surface area contributed by atoms with Crippen LogP contribution < -0.4 is 5.73 Å². The van der Waals surface area contributed by atoms with E-state index < -0.39 is 5.82 Å². The summed E-state index contributed by atoms with van der Waals surface area (Å²) in [6, 6.07) is 6.00. The zero-order chi connectivity index (χ0) is 14.0. The summed E-state index contributed by atoms with van der Waals surface area (Å²) in [5.41, 5.74) is 7.47. The van der Waals surface area contributed by atoms with E-state index in [0.717, 1.165) is 11.4 Å². The first-order valence-corrected chi connectivity index (χ1v) is 6.12. The highest BCUT2D eigenvalue weighted by Gasteiger charge is 2.13. The van der Waals surface area contributed by atoms with Gasteiger partial charge in [-0.1, -0.05) is 0 Å². The number of ketones is 1. The van der Waals surface area contributed by atoms with Crippen LogP contribution in [0.2, 0.25) is 0 Å². The molecule has 0 unspecified atom stereocenters. The fraction of sp³-hybridized carbons (Fsp3) is 0.286. The molecule has 2 aromatic rings. The molecule has 2 rings (SSSR count). The van der Waals surface area contributed by atoms with Crippen LogP contribution in [-0.2, 0) is 13.0 Å². The monoisotopic (exact) mass is 261 g/mol. The molecule has 1 heterocycles. The van der Waals surface area contributed by atoms with Gasteiger partial charge in [0, 0.05) is 17.8 Å². The van der Waals surface area contributed by atoms with Crippen LogP contribution in [0.3, 0.4) is 0 Å². The van der Waals surface area contributed by atoms with E-state index in [1.165, 1.54) is 12.1 Å². The second-order valence-electron chi connectivity index (χ2n) is 4.43. The lowest BCUT2D eigenvalue weighted by Crippen LogP contribution is -2.10. The molecule has 100 valence electrons. The first-order chi connectivity index (χ1) is 9.01. The molecule has 2 N–H and O–H groups in total. The van der Waals surface area contributed by atoms with E-state index in [9.17, 15) is 9.18 Å². The third kappa shape index (κ3) is 2.81. The van der Waals surface area contributed by atoms with E-state index in [-0.39, 0.29) is 17.9 Å². The summed E-state index contributed by atoms with van der Waals surface area (Å²) in [5.74, 6) is -0.709. The number of nitrogens with two attached hydrogens (primary N) is 1. The van der Waals surface area contributed by atoms with Crippen molar-refractivity contribution in [2.75, 3.05) is 5.73 Å². The summed E-state index contributed by atoms with van der Waals surface area (Å²) in [6.45, 7) is 4.54. The van der Waals surface area contributed by atoms with E-state index in [2.05, 4.69) is 5.10 Å². The van der Waals surface area contributed by atoms with Gasteiger partial charge < -0.3 is 5.73 Å². The minimum atomic E-state index is -0.564. The maximum Gasteiger partial charge on any atom is 0.168 e. The predicted molar refractivity (Wildman–Crippen MR) is 71.5 cm³/mol. The second-order valence-corrected chi connectivity index (χ2v) is 4.43. The highest BCUT2D eigenvalue weighted by Crippen LogP contribution is 2.15. The van der Waals surface area contributed by atoms with E-state index in [0.29, 0.717) is 12.1 Å². The number of carbonyl (C=O) groups excluding carboxylic acids is 1. The van der Waals surface area contributed by atoms with Crippen LogP contribution in [0.4, 0.5) is 10.1 Å². The molecule has 0 saturated carbocycles. The van der Waals surface area contributed by atoms with Gasteiger partial charge in [0.15, 0.2) is 5.78 Å². The summed E-state index contributed by atoms with van der Waals surface area (Å²) in [5, 5.41) is 4.28. The summed E-state index contributed by atoms with van der Waals surface area (Å²) < 4.78 is 15.1. The van der Waals surface area contributed by atoms with E-state index in [1.807, 2.05) is 19.9 Å². The fourth-order valence-electron chi connectivity index (χ4n) is 1.98. The third-order valence-corrected chi connectivity index (χ3v) is 2.95. The van der Waals surface area contributed by atoms with Crippen molar-refractivity contribution in [3.63, 3.8) is 0 Å². The summed E-state index contributed by atoms with van der Waals surface area (Å²) >= 11 is 0. The molecule has 0 radical (unpaired) electrons. The van der Waals surface area contributed by atoms with Crippen molar-refractivity contribution in [2.24, 2.45) is 0 Å². The van der Waals surface area contributed by atoms with Gasteiger partial charge in [0.1, 0.15) is 5.82 Å². The smallest absolute Gasteiger partial charge is 0.168 e.